The number of carbonyl (C=O) groups is 2. The number of rotatable bonds is 6. The fourth-order valence-corrected chi connectivity index (χ4v) is 3.55. The quantitative estimate of drug-likeness (QED) is 0.611. The Morgan fingerprint density at radius 2 is 1.62 bits per heavy atom. The summed E-state index contributed by atoms with van der Waals surface area (Å²) in [5.74, 6) is -0.127. The lowest BCUT2D eigenvalue weighted by Gasteiger charge is -2.31. The molecule has 4 N–H and O–H groups in total. The average molecular weight is 364 g/mol. The third-order valence-corrected chi connectivity index (χ3v) is 4.70. The predicted molar refractivity (Wildman–Crippen MR) is 102 cm³/mol. The van der Waals surface area contributed by atoms with Crippen LogP contribution in [-0.4, -0.2) is 34.4 Å². The van der Waals surface area contributed by atoms with Gasteiger partial charge in [-0.25, -0.2) is 4.79 Å². The van der Waals surface area contributed by atoms with E-state index in [1.165, 1.54) is 5.56 Å². The zero-order valence-electron chi connectivity index (χ0n) is 15.9. The molecule has 1 amide bonds. The number of carboxylic acid groups (broad SMARTS) is 2. The smallest absolute Gasteiger partial charge is 0.404 e. The van der Waals surface area contributed by atoms with Gasteiger partial charge in [-0.3, -0.25) is 4.79 Å². The minimum atomic E-state index is -0.893. The maximum absolute atomic E-state index is 10.7. The number of amides is 1. The highest BCUT2D eigenvalue weighted by Gasteiger charge is 2.23. The molecule has 0 radical (unpaired) electrons. The summed E-state index contributed by atoms with van der Waals surface area (Å²) >= 11 is 0. The molecule has 2 rings (SSSR count). The maximum Gasteiger partial charge on any atom is 0.404 e. The summed E-state index contributed by atoms with van der Waals surface area (Å²) < 4.78 is 0. The van der Waals surface area contributed by atoms with Gasteiger partial charge < -0.3 is 20.8 Å². The second kappa shape index (κ2) is 11.5. The lowest BCUT2D eigenvalue weighted by atomic mass is 9.82. The van der Waals surface area contributed by atoms with Crippen molar-refractivity contribution < 1.29 is 19.8 Å². The normalized spacial score (nSPS) is 21.7. The van der Waals surface area contributed by atoms with Crippen LogP contribution in [0.4, 0.5) is 4.79 Å². The Balaban J connectivity index is 0.000000765. The Labute approximate surface area is 156 Å². The van der Waals surface area contributed by atoms with Crippen LogP contribution >= 0.6 is 0 Å². The molecule has 0 bridgehead atoms. The lowest BCUT2D eigenvalue weighted by molar-refractivity contribution is -0.134. The minimum Gasteiger partial charge on any atom is -0.481 e. The molecule has 6 heteroatoms. The van der Waals surface area contributed by atoms with E-state index in [4.69, 9.17) is 15.0 Å². The third-order valence-electron chi connectivity index (χ3n) is 4.70. The first kappa shape index (κ1) is 22.0. The second-order valence-electron chi connectivity index (χ2n) is 7.12. The van der Waals surface area contributed by atoms with E-state index in [0.717, 1.165) is 39.0 Å². The molecule has 1 aliphatic rings. The molecular formula is C20H32N2O4. The first-order chi connectivity index (χ1) is 12.3. The van der Waals surface area contributed by atoms with Gasteiger partial charge in [0.1, 0.15) is 0 Å². The van der Waals surface area contributed by atoms with Gasteiger partial charge in [0.25, 0.3) is 5.97 Å². The highest BCUT2D eigenvalue weighted by molar-refractivity contribution is 5.64. The summed E-state index contributed by atoms with van der Waals surface area (Å²) in [4.78, 5) is 19.7. The van der Waals surface area contributed by atoms with E-state index >= 15 is 0 Å². The Bertz CT molecular complexity index is 538. The molecule has 2 unspecified atom stereocenters. The van der Waals surface area contributed by atoms with Crippen LogP contribution in [0.1, 0.15) is 64.5 Å². The maximum atomic E-state index is 10.7. The van der Waals surface area contributed by atoms with Gasteiger partial charge in [0.05, 0.1) is 0 Å². The third kappa shape index (κ3) is 9.42. The fourth-order valence-electron chi connectivity index (χ4n) is 3.55. The number of carboxylic acids is 1. The van der Waals surface area contributed by atoms with Crippen molar-refractivity contribution in [3.63, 3.8) is 0 Å². The van der Waals surface area contributed by atoms with Crippen LogP contribution in [0.2, 0.25) is 0 Å². The zero-order chi connectivity index (χ0) is 19.5. The Hall–Kier alpha value is -2.08. The van der Waals surface area contributed by atoms with Crippen molar-refractivity contribution in [2.24, 2.45) is 5.92 Å². The van der Waals surface area contributed by atoms with Crippen molar-refractivity contribution in [1.29, 1.82) is 0 Å². The standard InChI is InChI=1S/C18H28N2O2.C2H4O2/c1-13(19-14(2)16-6-4-3-5-7-16)12-15-8-10-17(11-9-15)20-18(21)22;1-2(3)4/h3-7,13-15,17,19-20H,8-12H2,1-2H3,(H,21,22);1H3,(H,3,4). The van der Waals surface area contributed by atoms with Gasteiger partial charge in [-0.1, -0.05) is 30.3 Å². The molecule has 0 heterocycles. The number of hydrogen-bond acceptors (Lipinski definition) is 3. The highest BCUT2D eigenvalue weighted by atomic mass is 16.4. The van der Waals surface area contributed by atoms with Crippen molar-refractivity contribution in [3.8, 4) is 0 Å². The molecule has 1 aliphatic carbocycles. The van der Waals surface area contributed by atoms with Gasteiger partial charge in [0, 0.05) is 25.0 Å². The van der Waals surface area contributed by atoms with Crippen LogP contribution in [0.3, 0.4) is 0 Å². The summed E-state index contributed by atoms with van der Waals surface area (Å²) in [6, 6.07) is 11.5. The molecule has 0 saturated heterocycles. The van der Waals surface area contributed by atoms with E-state index in [-0.39, 0.29) is 6.04 Å². The van der Waals surface area contributed by atoms with Gasteiger partial charge in [-0.2, -0.15) is 0 Å². The van der Waals surface area contributed by atoms with E-state index in [2.05, 4.69) is 48.7 Å². The van der Waals surface area contributed by atoms with Crippen LogP contribution in [0.25, 0.3) is 0 Å². The largest absolute Gasteiger partial charge is 0.481 e. The summed E-state index contributed by atoms with van der Waals surface area (Å²) in [5, 5.41) is 22.5. The first-order valence-corrected chi connectivity index (χ1v) is 9.28. The van der Waals surface area contributed by atoms with E-state index in [0.29, 0.717) is 18.0 Å². The summed E-state index contributed by atoms with van der Waals surface area (Å²) in [6.45, 7) is 5.54. The topological polar surface area (TPSA) is 98.7 Å². The molecule has 26 heavy (non-hydrogen) atoms. The van der Waals surface area contributed by atoms with Gasteiger partial charge in [-0.15, -0.1) is 0 Å². The molecule has 1 aromatic rings. The molecule has 2 atom stereocenters. The van der Waals surface area contributed by atoms with Gasteiger partial charge >= 0.3 is 6.09 Å². The average Bonchev–Trinajstić information content (AvgIpc) is 2.56. The molecule has 6 nitrogen and oxygen atoms in total. The van der Waals surface area contributed by atoms with Crippen LogP contribution in [0.15, 0.2) is 30.3 Å². The molecule has 0 aliphatic heterocycles. The number of benzene rings is 1. The Kier molecular flexibility index (Phi) is 9.73. The Morgan fingerprint density at radius 1 is 1.08 bits per heavy atom. The van der Waals surface area contributed by atoms with E-state index < -0.39 is 12.1 Å². The number of nitrogens with one attached hydrogen (secondary N) is 2. The van der Waals surface area contributed by atoms with Crippen LogP contribution < -0.4 is 10.6 Å². The number of hydrogen-bond donors (Lipinski definition) is 4. The lowest BCUT2D eigenvalue weighted by Crippen LogP contribution is -2.38. The molecular weight excluding hydrogens is 332 g/mol. The van der Waals surface area contributed by atoms with Gasteiger partial charge in [-0.05, 0) is 57.4 Å². The van der Waals surface area contributed by atoms with Crippen LogP contribution in [0.5, 0.6) is 0 Å². The first-order valence-electron chi connectivity index (χ1n) is 9.28. The monoisotopic (exact) mass is 364 g/mol. The van der Waals surface area contributed by atoms with Crippen molar-refractivity contribution in [2.75, 3.05) is 0 Å². The molecule has 0 aromatic heterocycles. The number of aliphatic carboxylic acids is 1. The summed E-state index contributed by atoms with van der Waals surface area (Å²) in [7, 11) is 0. The van der Waals surface area contributed by atoms with Gasteiger partial charge in [0.2, 0.25) is 0 Å². The van der Waals surface area contributed by atoms with E-state index in [1.54, 1.807) is 0 Å². The van der Waals surface area contributed by atoms with Crippen LogP contribution in [0, 0.1) is 5.92 Å². The van der Waals surface area contributed by atoms with Gasteiger partial charge in [0.15, 0.2) is 0 Å². The molecule has 146 valence electrons. The highest BCUT2D eigenvalue weighted by Crippen LogP contribution is 2.28. The summed E-state index contributed by atoms with van der Waals surface area (Å²) in [5.41, 5.74) is 1.32. The molecule has 1 aromatic carbocycles. The SMILES string of the molecule is CC(=O)O.CC(CC1CCC(NC(=O)O)CC1)NC(C)c1ccccc1. The van der Waals surface area contributed by atoms with Crippen molar-refractivity contribution in [1.82, 2.24) is 10.6 Å². The summed E-state index contributed by atoms with van der Waals surface area (Å²) in [6.07, 6.45) is 4.45. The van der Waals surface area contributed by atoms with Crippen molar-refractivity contribution >= 4 is 12.1 Å². The molecule has 1 fully saturated rings. The van der Waals surface area contributed by atoms with Crippen LogP contribution in [-0.2, 0) is 4.79 Å². The van der Waals surface area contributed by atoms with Crippen molar-refractivity contribution in [3.05, 3.63) is 35.9 Å². The van der Waals surface area contributed by atoms with E-state index in [1.807, 2.05) is 6.07 Å². The zero-order valence-corrected chi connectivity index (χ0v) is 15.9. The van der Waals surface area contributed by atoms with E-state index in [9.17, 15) is 4.79 Å². The predicted octanol–water partition coefficient (Wildman–Crippen LogP) is 4.03. The fraction of sp³-hybridized carbons (Fsp3) is 0.600. The molecule has 1 saturated carbocycles. The molecule has 0 spiro atoms. The van der Waals surface area contributed by atoms with Crippen molar-refractivity contribution in [2.45, 2.75) is 71.0 Å². The minimum absolute atomic E-state index is 0.153. The second-order valence-corrected chi connectivity index (χ2v) is 7.12. The Morgan fingerprint density at radius 3 is 2.12 bits per heavy atom.